The number of ether oxygens (including phenoxy) is 4. The first-order valence-electron chi connectivity index (χ1n) is 33.8. The molecule has 19 nitrogen and oxygen atoms in total. The zero-order chi connectivity index (χ0) is 71.0. The predicted octanol–water partition coefficient (Wildman–Crippen LogP) is 14.0. The van der Waals surface area contributed by atoms with Crippen molar-refractivity contribution >= 4 is 48.9 Å². The number of piperidine rings is 3. The Morgan fingerprint density at radius 1 is 0.594 bits per heavy atom. The second kappa shape index (κ2) is 26.1. The molecule has 5 aromatic carbocycles. The van der Waals surface area contributed by atoms with Crippen LogP contribution in [-0.4, -0.2) is 119 Å². The summed E-state index contributed by atoms with van der Waals surface area (Å²) < 4.78 is 125. The molecule has 3 spiro atoms. The van der Waals surface area contributed by atoms with Crippen molar-refractivity contribution in [3.63, 3.8) is 0 Å². The number of carbonyl (C=O) groups excluding carboxylic acids is 3. The third-order valence-electron chi connectivity index (χ3n) is 19.8. The molecule has 25 heteroatoms. The standard InChI is InChI=1S/C26H25N3O3.C25H25F3N2O4S2.C25H25N3O4S.H2/c1-18(2)31-21-8-6-20(7-9-21)25(30)28-14-11-26(12-15-28)24-4-3-13-29(24)22-10-5-19(17-27)16-23(22)32-26;1-23(2,3)36(32,33)18-10-15-35-21(18)22(31)29-13-11-24(12-14-29)19-8-9-20(25(26,27)28)30(19)16-6-4-5-7-17(16)34-24;29-24(18-7-11-20(12-8-18)33(30,31)26-19-9-10-19)27-16-13-25(14-17-27)23-6-3-15-28(23)21-4-1-2-5-22(21)32-25;/h3-10,13,16,18H,11-12,14-15H2,1-2H3;4-10,15H,11-14H2,1-3H3;1-8,11-12,15,19,26H,9-10,13-14,16-17H2;1H. The third-order valence-corrected chi connectivity index (χ3v) is 24.9. The van der Waals surface area contributed by atoms with Crippen LogP contribution < -0.4 is 23.7 Å². The van der Waals surface area contributed by atoms with E-state index in [4.69, 9.17) is 18.9 Å². The molecule has 4 aromatic heterocycles. The number of hydrogen-bond donors (Lipinski definition) is 1. The Balaban J connectivity index is 0.000000136. The highest BCUT2D eigenvalue weighted by Crippen LogP contribution is 2.51. The van der Waals surface area contributed by atoms with E-state index in [2.05, 4.69) is 38.3 Å². The quantitative estimate of drug-likeness (QED) is 0.143. The Bertz CT molecular complexity index is 4950. The summed E-state index contributed by atoms with van der Waals surface area (Å²) in [5.74, 6) is 2.23. The van der Waals surface area contributed by atoms with Crippen LogP contribution in [0.25, 0.3) is 17.1 Å². The zero-order valence-electron chi connectivity index (χ0n) is 56.3. The zero-order valence-corrected chi connectivity index (χ0v) is 58.7. The van der Waals surface area contributed by atoms with E-state index >= 15 is 0 Å². The lowest BCUT2D eigenvalue weighted by molar-refractivity contribution is -0.143. The van der Waals surface area contributed by atoms with Crippen LogP contribution in [0.5, 0.6) is 23.0 Å². The average Bonchev–Trinajstić information content (AvgIpc) is 1.37. The molecule has 9 aromatic rings. The van der Waals surface area contributed by atoms with Crippen molar-refractivity contribution in [2.75, 3.05) is 39.3 Å². The summed E-state index contributed by atoms with van der Waals surface area (Å²) in [6, 6.07) is 48.2. The van der Waals surface area contributed by atoms with Crippen LogP contribution in [0.2, 0.25) is 0 Å². The van der Waals surface area contributed by atoms with Gasteiger partial charge < -0.3 is 47.3 Å². The van der Waals surface area contributed by atoms with E-state index in [0.717, 1.165) is 64.5 Å². The van der Waals surface area contributed by atoms with Gasteiger partial charge in [0.1, 0.15) is 33.6 Å². The van der Waals surface area contributed by atoms with Crippen molar-refractivity contribution < 1.29 is 64.8 Å². The van der Waals surface area contributed by atoms with Gasteiger partial charge in [-0.3, -0.25) is 14.4 Å². The summed E-state index contributed by atoms with van der Waals surface area (Å²) >= 11 is 1.08. The van der Waals surface area contributed by atoms with Gasteiger partial charge in [-0.15, -0.1) is 11.3 Å². The fourth-order valence-electron chi connectivity index (χ4n) is 14.3. The van der Waals surface area contributed by atoms with E-state index in [0.29, 0.717) is 91.4 Å². The second-order valence-corrected chi connectivity index (χ2v) is 33.0. The lowest BCUT2D eigenvalue weighted by atomic mass is 9.86. The first-order valence-corrected chi connectivity index (χ1v) is 37.6. The van der Waals surface area contributed by atoms with Gasteiger partial charge in [0.15, 0.2) is 26.6 Å². The van der Waals surface area contributed by atoms with Crippen LogP contribution in [0, 0.1) is 11.3 Å². The number of hydrogen-bond acceptors (Lipinski definition) is 13. The van der Waals surface area contributed by atoms with Crippen molar-refractivity contribution in [1.82, 2.24) is 33.1 Å². The molecule has 0 atom stereocenters. The molecule has 1 N–H and O–H groups in total. The summed E-state index contributed by atoms with van der Waals surface area (Å²) in [6.07, 6.45) is 4.69. The van der Waals surface area contributed by atoms with Gasteiger partial charge in [0, 0.05) is 115 Å². The molecular weight excluding hydrogens is 1350 g/mol. The van der Waals surface area contributed by atoms with Gasteiger partial charge in [-0.25, -0.2) is 21.6 Å². The molecule has 101 heavy (non-hydrogen) atoms. The summed E-state index contributed by atoms with van der Waals surface area (Å²) in [6.45, 7) is 11.5. The number of sulfone groups is 1. The topological polar surface area (TPSA) is 217 Å². The number of amides is 3. The van der Waals surface area contributed by atoms with Crippen molar-refractivity contribution in [3.05, 3.63) is 220 Å². The number of nitrogens with one attached hydrogen (secondary N) is 1. The smallest absolute Gasteiger partial charge is 0.431 e. The molecule has 0 radical (unpaired) electrons. The van der Waals surface area contributed by atoms with E-state index in [1.807, 2.05) is 103 Å². The summed E-state index contributed by atoms with van der Waals surface area (Å²) in [7, 11) is -7.25. The van der Waals surface area contributed by atoms with E-state index in [1.54, 1.807) is 73.5 Å². The molecular formula is C76H77F3N8O11S3. The summed E-state index contributed by atoms with van der Waals surface area (Å²) in [4.78, 5) is 45.2. The number of carbonyl (C=O) groups is 3. The van der Waals surface area contributed by atoms with Crippen molar-refractivity contribution in [3.8, 4) is 46.1 Å². The van der Waals surface area contributed by atoms with Crippen LogP contribution >= 0.6 is 11.3 Å². The number of thiophene rings is 1. The Morgan fingerprint density at radius 2 is 1.08 bits per heavy atom. The first kappa shape index (κ1) is 68.5. The Kier molecular flexibility index (Phi) is 17.7. The molecule has 7 aliphatic rings. The maximum absolute atomic E-state index is 13.8. The highest BCUT2D eigenvalue weighted by atomic mass is 32.2. The minimum absolute atomic E-state index is 0. The number of para-hydroxylation sites is 4. The number of halogens is 3. The molecule has 526 valence electrons. The Hall–Kier alpha value is -9.61. The Morgan fingerprint density at radius 3 is 1.59 bits per heavy atom. The van der Waals surface area contributed by atoms with Crippen molar-refractivity contribution in [2.45, 2.75) is 136 Å². The molecule has 10 heterocycles. The Labute approximate surface area is 589 Å². The fraction of sp³-hybridized carbons (Fsp3) is 0.342. The fourth-order valence-corrected chi connectivity index (χ4v) is 18.2. The minimum Gasteiger partial charge on any atom is -0.491 e. The lowest BCUT2D eigenvalue weighted by Crippen LogP contribution is -2.50. The summed E-state index contributed by atoms with van der Waals surface area (Å²) in [5, 5.41) is 10.9. The lowest BCUT2D eigenvalue weighted by Gasteiger charge is -2.45. The largest absolute Gasteiger partial charge is 0.491 e. The van der Waals surface area contributed by atoms with Gasteiger partial charge in [-0.1, -0.05) is 24.3 Å². The highest BCUT2D eigenvalue weighted by Gasteiger charge is 2.50. The SMILES string of the molecule is CC(C)(C)S(=O)(=O)c1ccsc1C(=O)N1CCC2(CC1)Oc1ccccc1-n1c(C(F)(F)F)ccc12.CC(C)Oc1ccc(C(=O)N2CCC3(CC2)Oc2cc(C#N)ccc2-n2cccc23)cc1.O=C(c1ccc(S(=O)(=O)NC2CC2)cc1)N1CCC2(CC1)Oc1ccccc1-n1cccc12.[HH]. The van der Waals surface area contributed by atoms with Gasteiger partial charge in [0.05, 0.1) is 66.4 Å². The molecule has 6 aliphatic heterocycles. The van der Waals surface area contributed by atoms with Crippen LogP contribution in [0.1, 0.15) is 146 Å². The van der Waals surface area contributed by atoms with Crippen LogP contribution in [0.4, 0.5) is 13.2 Å². The second-order valence-electron chi connectivity index (χ2n) is 27.7. The molecule has 3 amide bonds. The van der Waals surface area contributed by atoms with Crippen molar-refractivity contribution in [2.24, 2.45) is 0 Å². The van der Waals surface area contributed by atoms with E-state index in [1.165, 1.54) is 28.8 Å². The molecule has 0 unspecified atom stereocenters. The van der Waals surface area contributed by atoms with Gasteiger partial charge >= 0.3 is 6.18 Å². The number of benzene rings is 5. The number of aromatic nitrogens is 3. The number of sulfonamides is 1. The number of likely N-dealkylation sites (tertiary alicyclic amines) is 3. The molecule has 3 saturated heterocycles. The van der Waals surface area contributed by atoms with E-state index in [-0.39, 0.29) is 66.0 Å². The molecule has 1 aliphatic carbocycles. The molecule has 16 rings (SSSR count). The number of nitrogens with zero attached hydrogens (tertiary/aromatic N) is 7. The number of nitriles is 1. The third kappa shape index (κ3) is 12.9. The highest BCUT2D eigenvalue weighted by molar-refractivity contribution is 7.93. The van der Waals surface area contributed by atoms with Gasteiger partial charge in [0.25, 0.3) is 17.7 Å². The molecule has 4 fully saturated rings. The van der Waals surface area contributed by atoms with Crippen LogP contribution in [-0.2, 0) is 42.8 Å². The van der Waals surface area contributed by atoms with E-state index < -0.39 is 59.2 Å². The minimum atomic E-state index is -4.55. The summed E-state index contributed by atoms with van der Waals surface area (Å²) in [5.41, 5.74) is 3.87. The maximum Gasteiger partial charge on any atom is 0.431 e. The van der Waals surface area contributed by atoms with Gasteiger partial charge in [-0.2, -0.15) is 18.4 Å². The maximum atomic E-state index is 13.8. The monoisotopic (exact) mass is 1430 g/mol. The molecule has 0 bridgehead atoms. The normalized spacial score (nSPS) is 17.5. The van der Waals surface area contributed by atoms with Crippen LogP contribution in [0.3, 0.4) is 0 Å². The van der Waals surface area contributed by atoms with Crippen molar-refractivity contribution in [1.29, 1.82) is 5.26 Å². The van der Waals surface area contributed by atoms with E-state index in [9.17, 15) is 49.7 Å². The first-order chi connectivity index (χ1) is 48.2. The predicted molar refractivity (Wildman–Crippen MR) is 375 cm³/mol. The number of fused-ring (bicyclic) bond motifs is 12. The van der Waals surface area contributed by atoms with Gasteiger partial charge in [0.2, 0.25) is 10.0 Å². The average molecular weight is 1430 g/mol. The van der Waals surface area contributed by atoms with Gasteiger partial charge in [-0.05, 0) is 180 Å². The number of alkyl halides is 3. The van der Waals surface area contributed by atoms with Crippen LogP contribution in [0.15, 0.2) is 185 Å². The molecule has 1 saturated carbocycles. The number of rotatable bonds is 9.